The lowest BCUT2D eigenvalue weighted by Crippen LogP contribution is -2.12. The third-order valence-electron chi connectivity index (χ3n) is 2.74. The second-order valence-electron chi connectivity index (χ2n) is 4.42. The molecule has 0 radical (unpaired) electrons. The van der Waals surface area contributed by atoms with Gasteiger partial charge < -0.3 is 10.1 Å². The zero-order valence-corrected chi connectivity index (χ0v) is 12.0. The van der Waals surface area contributed by atoms with Crippen LogP contribution in [-0.4, -0.2) is 21.9 Å². The van der Waals surface area contributed by atoms with Crippen LogP contribution in [0.15, 0.2) is 24.5 Å². The molecule has 2 aromatic rings. The Labute approximate surface area is 117 Å². The quantitative estimate of drug-likeness (QED) is 0.914. The van der Waals surface area contributed by atoms with E-state index in [1.807, 2.05) is 16.8 Å². The number of ether oxygens (including phenoxy) is 1. The lowest BCUT2D eigenvalue weighted by molar-refractivity contribution is 0.415. The Morgan fingerprint density at radius 2 is 2.21 bits per heavy atom. The maximum atomic E-state index is 5.98. The molecule has 0 amide bonds. The van der Waals surface area contributed by atoms with Gasteiger partial charge in [-0.05, 0) is 26.0 Å². The lowest BCUT2D eigenvalue weighted by Gasteiger charge is -2.11. The van der Waals surface area contributed by atoms with Crippen molar-refractivity contribution in [2.75, 3.05) is 12.4 Å². The Kier molecular flexibility index (Phi) is 4.27. The molecular formula is C13H17ClN4O. The molecule has 0 aliphatic heterocycles. The van der Waals surface area contributed by atoms with Crippen LogP contribution in [0.25, 0.3) is 0 Å². The highest BCUT2D eigenvalue weighted by Crippen LogP contribution is 2.27. The van der Waals surface area contributed by atoms with E-state index in [4.69, 9.17) is 16.3 Å². The van der Waals surface area contributed by atoms with Crippen molar-refractivity contribution in [1.82, 2.24) is 14.8 Å². The predicted octanol–water partition coefficient (Wildman–Crippen LogP) is 3.13. The molecule has 1 aromatic carbocycles. The fraction of sp³-hybridized carbons (Fsp3) is 0.385. The molecule has 0 spiro atoms. The predicted molar refractivity (Wildman–Crippen MR) is 75.7 cm³/mol. The van der Waals surface area contributed by atoms with Gasteiger partial charge >= 0.3 is 0 Å². The Morgan fingerprint density at radius 1 is 1.42 bits per heavy atom. The number of anilines is 1. The number of rotatable bonds is 5. The van der Waals surface area contributed by atoms with E-state index in [2.05, 4.69) is 29.2 Å². The van der Waals surface area contributed by atoms with Crippen LogP contribution in [0.5, 0.6) is 5.75 Å². The minimum absolute atomic E-state index is 0.291. The summed E-state index contributed by atoms with van der Waals surface area (Å²) in [5.74, 6) is 1.54. The van der Waals surface area contributed by atoms with Crippen molar-refractivity contribution in [3.63, 3.8) is 0 Å². The highest BCUT2D eigenvalue weighted by molar-refractivity contribution is 6.32. The number of nitrogens with zero attached hydrogens (tertiary/aromatic N) is 3. The highest BCUT2D eigenvalue weighted by atomic mass is 35.5. The van der Waals surface area contributed by atoms with Gasteiger partial charge in [0.05, 0.1) is 18.7 Å². The van der Waals surface area contributed by atoms with Gasteiger partial charge in [0.25, 0.3) is 0 Å². The molecule has 5 nitrogen and oxygen atoms in total. The molecule has 0 unspecified atom stereocenters. The summed E-state index contributed by atoms with van der Waals surface area (Å²) in [5.41, 5.74) is 0.930. The Hall–Kier alpha value is -1.75. The summed E-state index contributed by atoms with van der Waals surface area (Å²) in [4.78, 5) is 4.24. The largest absolute Gasteiger partial charge is 0.495 e. The molecule has 0 fully saturated rings. The van der Waals surface area contributed by atoms with Crippen LogP contribution in [0.4, 0.5) is 5.69 Å². The first-order valence-corrected chi connectivity index (χ1v) is 6.45. The van der Waals surface area contributed by atoms with E-state index < -0.39 is 0 Å². The summed E-state index contributed by atoms with van der Waals surface area (Å²) >= 11 is 5.98. The van der Waals surface area contributed by atoms with Gasteiger partial charge in [0.2, 0.25) is 0 Å². The van der Waals surface area contributed by atoms with Gasteiger partial charge in [-0.1, -0.05) is 11.6 Å². The van der Waals surface area contributed by atoms with Crippen LogP contribution in [-0.2, 0) is 6.54 Å². The molecule has 1 N–H and O–H groups in total. The lowest BCUT2D eigenvalue weighted by atomic mass is 10.3. The third-order valence-corrected chi connectivity index (χ3v) is 3.05. The molecule has 102 valence electrons. The molecule has 0 saturated heterocycles. The van der Waals surface area contributed by atoms with Crippen molar-refractivity contribution >= 4 is 17.3 Å². The third kappa shape index (κ3) is 3.17. The van der Waals surface area contributed by atoms with E-state index in [0.29, 0.717) is 23.4 Å². The smallest absolute Gasteiger partial charge is 0.146 e. The molecule has 2 rings (SSSR count). The second kappa shape index (κ2) is 5.93. The van der Waals surface area contributed by atoms with Crippen molar-refractivity contribution in [3.8, 4) is 5.75 Å². The normalized spacial score (nSPS) is 10.8. The number of hydrogen-bond acceptors (Lipinski definition) is 4. The van der Waals surface area contributed by atoms with Crippen LogP contribution < -0.4 is 10.1 Å². The zero-order chi connectivity index (χ0) is 13.8. The number of benzene rings is 1. The van der Waals surface area contributed by atoms with Crippen LogP contribution >= 0.6 is 11.6 Å². The van der Waals surface area contributed by atoms with Gasteiger partial charge in [-0.15, -0.1) is 0 Å². The average molecular weight is 281 g/mol. The average Bonchev–Trinajstić information content (AvgIpc) is 2.86. The minimum Gasteiger partial charge on any atom is -0.495 e. The van der Waals surface area contributed by atoms with Crippen LogP contribution in [0, 0.1) is 0 Å². The zero-order valence-electron chi connectivity index (χ0n) is 11.2. The van der Waals surface area contributed by atoms with Crippen LogP contribution in [0.2, 0.25) is 5.02 Å². The molecular weight excluding hydrogens is 264 g/mol. The van der Waals surface area contributed by atoms with Crippen LogP contribution in [0.1, 0.15) is 25.7 Å². The van der Waals surface area contributed by atoms with Gasteiger partial charge in [0, 0.05) is 17.8 Å². The van der Waals surface area contributed by atoms with E-state index in [9.17, 15) is 0 Å². The molecule has 1 aromatic heterocycles. The van der Waals surface area contributed by atoms with Gasteiger partial charge in [0.15, 0.2) is 0 Å². The Balaban J connectivity index is 2.08. The topological polar surface area (TPSA) is 52.0 Å². The van der Waals surface area contributed by atoms with Gasteiger partial charge in [-0.25, -0.2) is 9.67 Å². The van der Waals surface area contributed by atoms with E-state index in [0.717, 1.165) is 11.5 Å². The summed E-state index contributed by atoms with van der Waals surface area (Å²) in [5, 5.41) is 8.07. The van der Waals surface area contributed by atoms with Gasteiger partial charge in [-0.2, -0.15) is 5.10 Å². The van der Waals surface area contributed by atoms with Gasteiger partial charge in [0.1, 0.15) is 17.9 Å². The molecule has 0 atom stereocenters. The Bertz CT molecular complexity index is 553. The fourth-order valence-electron chi connectivity index (χ4n) is 1.78. The molecule has 0 saturated carbocycles. The highest BCUT2D eigenvalue weighted by Gasteiger charge is 2.08. The summed E-state index contributed by atoms with van der Waals surface area (Å²) in [6.45, 7) is 4.75. The standard InChI is InChI=1S/C13H17ClN4O/c1-9(2)18-13(16-8-17-18)7-15-10-4-5-11(14)12(6-10)19-3/h4-6,8-9,15H,7H2,1-3H3. The molecule has 1 heterocycles. The minimum atomic E-state index is 0.291. The van der Waals surface area contributed by atoms with E-state index >= 15 is 0 Å². The monoisotopic (exact) mass is 280 g/mol. The molecule has 0 bridgehead atoms. The number of nitrogens with one attached hydrogen (secondary N) is 1. The van der Waals surface area contributed by atoms with Crippen molar-refractivity contribution in [2.45, 2.75) is 26.4 Å². The first kappa shape index (κ1) is 13.7. The summed E-state index contributed by atoms with van der Waals surface area (Å²) in [7, 11) is 1.60. The molecule has 19 heavy (non-hydrogen) atoms. The maximum Gasteiger partial charge on any atom is 0.146 e. The summed E-state index contributed by atoms with van der Waals surface area (Å²) < 4.78 is 7.07. The Morgan fingerprint density at radius 3 is 2.89 bits per heavy atom. The number of aromatic nitrogens is 3. The van der Waals surface area contributed by atoms with E-state index in [1.54, 1.807) is 19.5 Å². The van der Waals surface area contributed by atoms with Crippen molar-refractivity contribution < 1.29 is 4.74 Å². The summed E-state index contributed by atoms with van der Waals surface area (Å²) in [6, 6.07) is 5.86. The fourth-order valence-corrected chi connectivity index (χ4v) is 1.98. The SMILES string of the molecule is COc1cc(NCc2ncnn2C(C)C)ccc1Cl. The molecule has 0 aliphatic rings. The van der Waals surface area contributed by atoms with Crippen molar-refractivity contribution in [2.24, 2.45) is 0 Å². The molecule has 6 heteroatoms. The van der Waals surface area contributed by atoms with E-state index in [-0.39, 0.29) is 0 Å². The van der Waals surface area contributed by atoms with Crippen molar-refractivity contribution in [1.29, 1.82) is 0 Å². The number of halogens is 1. The first-order chi connectivity index (χ1) is 9.11. The second-order valence-corrected chi connectivity index (χ2v) is 4.82. The first-order valence-electron chi connectivity index (χ1n) is 6.07. The van der Waals surface area contributed by atoms with Crippen LogP contribution in [0.3, 0.4) is 0 Å². The van der Waals surface area contributed by atoms with Crippen molar-refractivity contribution in [3.05, 3.63) is 35.4 Å². The number of hydrogen-bond donors (Lipinski definition) is 1. The summed E-state index contributed by atoms with van der Waals surface area (Å²) in [6.07, 6.45) is 1.57. The maximum absolute atomic E-state index is 5.98. The molecule has 0 aliphatic carbocycles. The van der Waals surface area contributed by atoms with Gasteiger partial charge in [-0.3, -0.25) is 0 Å². The van der Waals surface area contributed by atoms with E-state index in [1.165, 1.54) is 0 Å². The number of methoxy groups -OCH3 is 1.